The zero-order chi connectivity index (χ0) is 11.5. The fourth-order valence-corrected chi connectivity index (χ4v) is 2.75. The number of thiophene rings is 1. The Labute approximate surface area is 106 Å². The van der Waals surface area contributed by atoms with Crippen LogP contribution in [0.3, 0.4) is 0 Å². The summed E-state index contributed by atoms with van der Waals surface area (Å²) in [5, 5.41) is 2.03. The third kappa shape index (κ3) is 4.68. The van der Waals surface area contributed by atoms with Crippen molar-refractivity contribution in [2.45, 2.75) is 31.9 Å². The van der Waals surface area contributed by atoms with Gasteiger partial charge in [0, 0.05) is 21.2 Å². The molecular weight excluding hydrogens is 294 g/mol. The van der Waals surface area contributed by atoms with E-state index in [9.17, 15) is 4.55 Å². The summed E-state index contributed by atoms with van der Waals surface area (Å²) in [5.41, 5.74) is 0. The topological polar surface area (TPSA) is 35.4 Å². The third-order valence-electron chi connectivity index (χ3n) is 1.61. The monoisotopic (exact) mass is 307 g/mol. The predicted molar refractivity (Wildman–Crippen MR) is 72.1 cm³/mol. The van der Waals surface area contributed by atoms with Crippen LogP contribution in [0.15, 0.2) is 20.3 Å². The van der Waals surface area contributed by atoms with Crippen LogP contribution in [0.4, 0.5) is 0 Å². The van der Waals surface area contributed by atoms with Gasteiger partial charge in [-0.25, -0.2) is 0 Å². The standard InChI is InChI=1S/C10H14BrNOS2/c1-10(2,3)15(13)12-5-4-9-6-8(11)7-14-9/h5-7H,4H2,1-3H3. The predicted octanol–water partition coefficient (Wildman–Crippen LogP) is 3.59. The molecule has 0 saturated heterocycles. The first-order chi connectivity index (χ1) is 6.89. The quantitative estimate of drug-likeness (QED) is 0.621. The van der Waals surface area contributed by atoms with Crippen molar-refractivity contribution in [3.8, 4) is 0 Å². The van der Waals surface area contributed by atoms with Crippen molar-refractivity contribution in [2.24, 2.45) is 4.40 Å². The van der Waals surface area contributed by atoms with Crippen molar-refractivity contribution >= 4 is 44.8 Å². The van der Waals surface area contributed by atoms with Crippen LogP contribution in [-0.2, 0) is 17.8 Å². The van der Waals surface area contributed by atoms with Crippen molar-refractivity contribution in [1.82, 2.24) is 0 Å². The first-order valence-corrected chi connectivity index (χ1v) is 7.35. The van der Waals surface area contributed by atoms with E-state index < -0.39 is 11.4 Å². The molecule has 0 aliphatic carbocycles. The third-order valence-corrected chi connectivity index (χ3v) is 4.72. The zero-order valence-electron chi connectivity index (χ0n) is 8.99. The Morgan fingerprint density at radius 1 is 1.60 bits per heavy atom. The van der Waals surface area contributed by atoms with Gasteiger partial charge in [0.25, 0.3) is 0 Å². The molecule has 1 atom stereocenters. The minimum Gasteiger partial charge on any atom is -0.591 e. The SMILES string of the molecule is CC(C)(C)[S+]([O-])N=CCc1cc(Br)cs1. The molecule has 5 heteroatoms. The minimum absolute atomic E-state index is 0.271. The van der Waals surface area contributed by atoms with Gasteiger partial charge in [-0.3, -0.25) is 0 Å². The molecule has 2 nitrogen and oxygen atoms in total. The molecule has 1 aromatic heterocycles. The van der Waals surface area contributed by atoms with Gasteiger partial charge < -0.3 is 4.55 Å². The number of hydrogen-bond donors (Lipinski definition) is 0. The Kier molecular flexibility index (Phi) is 4.83. The summed E-state index contributed by atoms with van der Waals surface area (Å²) in [6.07, 6.45) is 2.48. The summed E-state index contributed by atoms with van der Waals surface area (Å²) in [5.74, 6) is 0. The van der Waals surface area contributed by atoms with E-state index >= 15 is 0 Å². The van der Waals surface area contributed by atoms with E-state index in [1.165, 1.54) is 4.88 Å². The minimum atomic E-state index is -1.14. The highest BCUT2D eigenvalue weighted by atomic mass is 79.9. The molecule has 0 bridgehead atoms. The molecule has 1 unspecified atom stereocenters. The normalized spacial score (nSPS) is 14.7. The van der Waals surface area contributed by atoms with Crippen LogP contribution in [0, 0.1) is 0 Å². The van der Waals surface area contributed by atoms with Gasteiger partial charge in [-0.05, 0) is 42.8 Å². The maximum atomic E-state index is 11.6. The molecule has 84 valence electrons. The van der Waals surface area contributed by atoms with E-state index in [4.69, 9.17) is 0 Å². The van der Waals surface area contributed by atoms with Gasteiger partial charge in [0.2, 0.25) is 0 Å². The maximum Gasteiger partial charge on any atom is 0.144 e. The molecule has 0 saturated carbocycles. The van der Waals surface area contributed by atoms with Gasteiger partial charge in [-0.15, -0.1) is 11.3 Å². The van der Waals surface area contributed by atoms with Crippen molar-refractivity contribution in [1.29, 1.82) is 0 Å². The van der Waals surface area contributed by atoms with Gasteiger partial charge in [0.1, 0.15) is 16.1 Å². The highest BCUT2D eigenvalue weighted by molar-refractivity contribution is 9.10. The Hall–Kier alpha value is 0.160. The molecule has 0 radical (unpaired) electrons. The summed E-state index contributed by atoms with van der Waals surface area (Å²) < 4.78 is 16.4. The van der Waals surface area contributed by atoms with E-state index in [-0.39, 0.29) is 4.75 Å². The van der Waals surface area contributed by atoms with Gasteiger partial charge in [0.15, 0.2) is 0 Å². The molecule has 1 aromatic rings. The van der Waals surface area contributed by atoms with Gasteiger partial charge in [0.05, 0.1) is 6.21 Å². The molecule has 0 aliphatic heterocycles. The molecule has 1 heterocycles. The fourth-order valence-electron chi connectivity index (χ4n) is 0.814. The Morgan fingerprint density at radius 2 is 2.27 bits per heavy atom. The molecule has 0 spiro atoms. The van der Waals surface area contributed by atoms with E-state index in [2.05, 4.69) is 26.4 Å². The van der Waals surface area contributed by atoms with Gasteiger partial charge in [-0.2, -0.15) is 0 Å². The Balaban J connectivity index is 2.47. The lowest BCUT2D eigenvalue weighted by molar-refractivity contribution is 0.561. The Morgan fingerprint density at radius 3 is 2.73 bits per heavy atom. The lowest BCUT2D eigenvalue weighted by Crippen LogP contribution is -2.25. The largest absolute Gasteiger partial charge is 0.591 e. The molecule has 15 heavy (non-hydrogen) atoms. The lowest BCUT2D eigenvalue weighted by Gasteiger charge is -2.17. The average Bonchev–Trinajstić information content (AvgIpc) is 2.49. The lowest BCUT2D eigenvalue weighted by atomic mass is 10.3. The first-order valence-electron chi connectivity index (χ1n) is 4.57. The number of rotatable bonds is 3. The maximum absolute atomic E-state index is 11.6. The van der Waals surface area contributed by atoms with Crippen LogP contribution in [0.2, 0.25) is 0 Å². The summed E-state index contributed by atoms with van der Waals surface area (Å²) in [6.45, 7) is 5.76. The molecule has 0 fully saturated rings. The van der Waals surface area contributed by atoms with Crippen LogP contribution in [0.25, 0.3) is 0 Å². The van der Waals surface area contributed by atoms with E-state index in [0.29, 0.717) is 0 Å². The number of halogens is 1. The van der Waals surface area contributed by atoms with E-state index in [0.717, 1.165) is 10.9 Å². The van der Waals surface area contributed by atoms with Crippen molar-refractivity contribution < 1.29 is 4.55 Å². The molecule has 0 N–H and O–H groups in total. The van der Waals surface area contributed by atoms with Crippen molar-refractivity contribution in [3.63, 3.8) is 0 Å². The van der Waals surface area contributed by atoms with Crippen molar-refractivity contribution in [3.05, 3.63) is 20.8 Å². The smallest absolute Gasteiger partial charge is 0.144 e. The van der Waals surface area contributed by atoms with Crippen molar-refractivity contribution in [2.75, 3.05) is 0 Å². The molecule has 0 amide bonds. The highest BCUT2D eigenvalue weighted by Crippen LogP contribution is 2.20. The van der Waals surface area contributed by atoms with Crippen LogP contribution < -0.4 is 0 Å². The molecule has 0 aromatic carbocycles. The summed E-state index contributed by atoms with van der Waals surface area (Å²) >= 11 is 3.92. The second-order valence-corrected chi connectivity index (χ2v) is 7.93. The van der Waals surface area contributed by atoms with Gasteiger partial charge in [-0.1, -0.05) is 4.40 Å². The van der Waals surface area contributed by atoms with Gasteiger partial charge >= 0.3 is 0 Å². The van der Waals surface area contributed by atoms with Crippen LogP contribution >= 0.6 is 27.3 Å². The molecule has 0 aliphatic rings. The second kappa shape index (κ2) is 5.48. The number of nitrogens with zero attached hydrogens (tertiary/aromatic N) is 1. The molecule has 1 rings (SSSR count). The van der Waals surface area contributed by atoms with Crippen LogP contribution in [0.1, 0.15) is 25.6 Å². The first kappa shape index (κ1) is 13.2. The summed E-state index contributed by atoms with van der Waals surface area (Å²) in [7, 11) is 0. The Bertz CT molecular complexity index is 343. The number of hydrogen-bond acceptors (Lipinski definition) is 3. The van der Waals surface area contributed by atoms with E-state index in [1.807, 2.05) is 26.2 Å². The second-order valence-electron chi connectivity index (χ2n) is 4.08. The van der Waals surface area contributed by atoms with E-state index in [1.54, 1.807) is 17.6 Å². The van der Waals surface area contributed by atoms with Crippen LogP contribution in [0.5, 0.6) is 0 Å². The zero-order valence-corrected chi connectivity index (χ0v) is 12.2. The summed E-state index contributed by atoms with van der Waals surface area (Å²) in [4.78, 5) is 1.22. The van der Waals surface area contributed by atoms with Crippen LogP contribution in [-0.4, -0.2) is 15.5 Å². The highest BCUT2D eigenvalue weighted by Gasteiger charge is 2.25. The fraction of sp³-hybridized carbons (Fsp3) is 0.500. The summed E-state index contributed by atoms with van der Waals surface area (Å²) in [6, 6.07) is 2.05. The average molecular weight is 308 g/mol. The molecular formula is C10H14BrNOS2.